The molecule has 0 bridgehead atoms. The Balaban J connectivity index is 1.82. The Kier molecular flexibility index (Phi) is 5.15. The molecule has 1 N–H and O–H groups in total. The fraction of sp³-hybridized carbons (Fsp3) is 0.350. The van der Waals surface area contributed by atoms with Crippen molar-refractivity contribution in [2.45, 2.75) is 33.2 Å². The first-order valence-corrected chi connectivity index (χ1v) is 10.8. The molecule has 27 heavy (non-hydrogen) atoms. The van der Waals surface area contributed by atoms with Crippen molar-refractivity contribution in [3.05, 3.63) is 59.2 Å². The second-order valence-corrected chi connectivity index (χ2v) is 8.84. The van der Waals surface area contributed by atoms with Crippen LogP contribution in [0.3, 0.4) is 0 Å². The maximum Gasteiger partial charge on any atom is 0.269 e. The third-order valence-corrected chi connectivity index (χ3v) is 6.02. The number of carbonyl (C=O) groups excluding carboxylic acids is 1. The molecule has 0 spiro atoms. The number of nitrogens with one attached hydrogen (secondary N) is 1. The number of sulfonamides is 1. The Bertz CT molecular complexity index is 955. The summed E-state index contributed by atoms with van der Waals surface area (Å²) in [5, 5.41) is 1.79. The summed E-state index contributed by atoms with van der Waals surface area (Å²) in [6, 6.07) is 13.0. The lowest BCUT2D eigenvalue weighted by molar-refractivity contribution is 0.0949. The van der Waals surface area contributed by atoms with Crippen LogP contribution in [0.15, 0.2) is 42.5 Å². The third kappa shape index (κ3) is 3.93. The van der Waals surface area contributed by atoms with Gasteiger partial charge in [0.1, 0.15) is 0 Å². The third-order valence-electron chi connectivity index (χ3n) is 4.75. The van der Waals surface area contributed by atoms with E-state index in [1.54, 1.807) is 23.2 Å². The van der Waals surface area contributed by atoms with Crippen molar-refractivity contribution in [3.8, 4) is 0 Å². The van der Waals surface area contributed by atoms with Crippen LogP contribution in [0, 0.1) is 6.92 Å². The average Bonchev–Trinajstić information content (AvgIpc) is 2.95. The number of nitrogens with zero attached hydrogens (tertiary/aromatic N) is 2. The molecule has 1 aliphatic heterocycles. The number of benzene rings is 2. The molecule has 0 unspecified atom stereocenters. The standard InChI is InChI=1S/C20H25N3O3S/c1-5-22(18-9-6-14(2)7-10-18)21-20(24)16-8-11-19-17(13-16)12-15(3)23(19)27(4,25)26/h6-11,13,15H,5,12H2,1-4H3,(H,21,24)/t15-/m1/s1. The summed E-state index contributed by atoms with van der Waals surface area (Å²) in [6.45, 7) is 6.48. The second kappa shape index (κ2) is 7.23. The lowest BCUT2D eigenvalue weighted by Crippen LogP contribution is -2.42. The van der Waals surface area contributed by atoms with Gasteiger partial charge in [-0.1, -0.05) is 17.7 Å². The van der Waals surface area contributed by atoms with Gasteiger partial charge in [0.25, 0.3) is 5.91 Å². The largest absolute Gasteiger partial charge is 0.286 e. The van der Waals surface area contributed by atoms with Crippen LogP contribution in [0.4, 0.5) is 11.4 Å². The molecule has 2 aromatic rings. The summed E-state index contributed by atoms with van der Waals surface area (Å²) in [4.78, 5) is 12.7. The summed E-state index contributed by atoms with van der Waals surface area (Å²) in [5.41, 5.74) is 7.04. The highest BCUT2D eigenvalue weighted by molar-refractivity contribution is 7.92. The predicted octanol–water partition coefficient (Wildman–Crippen LogP) is 2.88. The highest BCUT2D eigenvalue weighted by Gasteiger charge is 2.32. The van der Waals surface area contributed by atoms with Crippen LogP contribution < -0.4 is 14.7 Å². The fourth-order valence-electron chi connectivity index (χ4n) is 3.49. The normalized spacial score (nSPS) is 16.1. The van der Waals surface area contributed by atoms with Crippen LogP contribution in [-0.2, 0) is 16.4 Å². The van der Waals surface area contributed by atoms with Gasteiger partial charge in [-0.25, -0.2) is 8.42 Å². The zero-order valence-corrected chi connectivity index (χ0v) is 16.9. The number of carbonyl (C=O) groups is 1. The molecule has 0 aliphatic carbocycles. The van der Waals surface area contributed by atoms with Crippen LogP contribution >= 0.6 is 0 Å². The highest BCUT2D eigenvalue weighted by Crippen LogP contribution is 2.34. The van der Waals surface area contributed by atoms with Crippen LogP contribution in [0.1, 0.15) is 35.3 Å². The van der Waals surface area contributed by atoms with Gasteiger partial charge in [0.05, 0.1) is 17.6 Å². The van der Waals surface area contributed by atoms with E-state index in [4.69, 9.17) is 0 Å². The van der Waals surface area contributed by atoms with E-state index in [2.05, 4.69) is 5.43 Å². The number of anilines is 2. The second-order valence-electron chi connectivity index (χ2n) is 6.98. The first kappa shape index (κ1) is 19.2. The van der Waals surface area contributed by atoms with Gasteiger partial charge in [0, 0.05) is 18.2 Å². The molecule has 2 aromatic carbocycles. The van der Waals surface area contributed by atoms with Gasteiger partial charge in [-0.05, 0) is 63.1 Å². The lowest BCUT2D eigenvalue weighted by atomic mass is 10.1. The number of rotatable bonds is 5. The minimum Gasteiger partial charge on any atom is -0.286 e. The number of hydrogen-bond donors (Lipinski definition) is 1. The van der Waals surface area contributed by atoms with Crippen molar-refractivity contribution >= 4 is 27.3 Å². The molecule has 1 aliphatic rings. The van der Waals surface area contributed by atoms with Crippen molar-refractivity contribution < 1.29 is 13.2 Å². The van der Waals surface area contributed by atoms with Crippen LogP contribution in [0.2, 0.25) is 0 Å². The number of hydrazine groups is 1. The predicted molar refractivity (Wildman–Crippen MR) is 109 cm³/mol. The lowest BCUT2D eigenvalue weighted by Gasteiger charge is -2.24. The molecule has 1 heterocycles. The smallest absolute Gasteiger partial charge is 0.269 e. The molecule has 1 atom stereocenters. The van der Waals surface area contributed by atoms with E-state index in [1.165, 1.54) is 10.6 Å². The Morgan fingerprint density at radius 3 is 2.48 bits per heavy atom. The summed E-state index contributed by atoms with van der Waals surface area (Å²) in [7, 11) is -3.34. The van der Waals surface area contributed by atoms with E-state index in [0.29, 0.717) is 24.2 Å². The molecular formula is C20H25N3O3S. The van der Waals surface area contributed by atoms with Gasteiger partial charge in [-0.15, -0.1) is 0 Å². The molecule has 6 nitrogen and oxygen atoms in total. The summed E-state index contributed by atoms with van der Waals surface area (Å²) < 4.78 is 25.5. The van der Waals surface area contributed by atoms with Crippen LogP contribution in [-0.4, -0.2) is 33.2 Å². The van der Waals surface area contributed by atoms with Gasteiger partial charge in [0.15, 0.2) is 0 Å². The zero-order valence-electron chi connectivity index (χ0n) is 16.1. The first-order valence-electron chi connectivity index (χ1n) is 8.98. The monoisotopic (exact) mass is 387 g/mol. The van der Waals surface area contributed by atoms with Crippen molar-refractivity contribution in [3.63, 3.8) is 0 Å². The summed E-state index contributed by atoms with van der Waals surface area (Å²) in [6.07, 6.45) is 1.80. The molecule has 7 heteroatoms. The molecule has 144 valence electrons. The Hall–Kier alpha value is -2.54. The quantitative estimate of drug-likeness (QED) is 0.801. The van der Waals surface area contributed by atoms with Gasteiger partial charge >= 0.3 is 0 Å². The zero-order chi connectivity index (χ0) is 19.8. The molecule has 0 radical (unpaired) electrons. The molecule has 0 fully saturated rings. The highest BCUT2D eigenvalue weighted by atomic mass is 32.2. The fourth-order valence-corrected chi connectivity index (χ4v) is 4.75. The molecule has 0 saturated heterocycles. The first-order chi connectivity index (χ1) is 12.7. The van der Waals surface area contributed by atoms with Crippen molar-refractivity contribution in [2.75, 3.05) is 22.1 Å². The van der Waals surface area contributed by atoms with E-state index < -0.39 is 10.0 Å². The molecule has 0 saturated carbocycles. The Morgan fingerprint density at radius 1 is 1.22 bits per heavy atom. The van der Waals surface area contributed by atoms with Gasteiger partial charge in [-0.3, -0.25) is 19.5 Å². The van der Waals surface area contributed by atoms with Crippen molar-refractivity contribution in [1.29, 1.82) is 0 Å². The van der Waals surface area contributed by atoms with Crippen molar-refractivity contribution in [2.24, 2.45) is 0 Å². The number of aryl methyl sites for hydroxylation is 1. The van der Waals surface area contributed by atoms with Crippen LogP contribution in [0.25, 0.3) is 0 Å². The maximum atomic E-state index is 12.7. The Morgan fingerprint density at radius 2 is 1.89 bits per heavy atom. The van der Waals surface area contributed by atoms with E-state index in [1.807, 2.05) is 45.0 Å². The Labute approximate surface area is 160 Å². The van der Waals surface area contributed by atoms with E-state index in [9.17, 15) is 13.2 Å². The number of fused-ring (bicyclic) bond motifs is 1. The van der Waals surface area contributed by atoms with E-state index in [0.717, 1.165) is 16.8 Å². The molecule has 3 rings (SSSR count). The van der Waals surface area contributed by atoms with Gasteiger partial charge in [-0.2, -0.15) is 0 Å². The van der Waals surface area contributed by atoms with E-state index >= 15 is 0 Å². The van der Waals surface area contributed by atoms with Gasteiger partial charge < -0.3 is 0 Å². The van der Waals surface area contributed by atoms with Crippen molar-refractivity contribution in [1.82, 2.24) is 5.43 Å². The van der Waals surface area contributed by atoms with E-state index in [-0.39, 0.29) is 11.9 Å². The van der Waals surface area contributed by atoms with Crippen LogP contribution in [0.5, 0.6) is 0 Å². The minimum atomic E-state index is -3.34. The SMILES string of the molecule is CCN(NC(=O)c1ccc2c(c1)C[C@@H](C)N2S(C)(=O)=O)c1ccc(C)cc1. The number of hydrogen-bond acceptors (Lipinski definition) is 4. The topological polar surface area (TPSA) is 69.7 Å². The minimum absolute atomic E-state index is 0.145. The molecule has 1 amide bonds. The summed E-state index contributed by atoms with van der Waals surface area (Å²) in [5.74, 6) is -0.217. The molecular weight excluding hydrogens is 362 g/mol. The maximum absolute atomic E-state index is 12.7. The molecule has 0 aromatic heterocycles. The number of amides is 1. The average molecular weight is 388 g/mol. The van der Waals surface area contributed by atoms with Gasteiger partial charge in [0.2, 0.25) is 10.0 Å². The summed E-state index contributed by atoms with van der Waals surface area (Å²) >= 11 is 0.